The lowest BCUT2D eigenvalue weighted by Gasteiger charge is -2.25. The summed E-state index contributed by atoms with van der Waals surface area (Å²) in [7, 11) is 0. The fourth-order valence-electron chi connectivity index (χ4n) is 3.88. The Balaban J connectivity index is 1.35. The molecule has 0 spiro atoms. The summed E-state index contributed by atoms with van der Waals surface area (Å²) in [5, 5.41) is 9.62. The predicted molar refractivity (Wildman–Crippen MR) is 114 cm³/mol. The molecular weight excluding hydrogens is 420 g/mol. The van der Waals surface area contributed by atoms with E-state index >= 15 is 0 Å². The monoisotopic (exact) mass is 438 g/mol. The van der Waals surface area contributed by atoms with Crippen LogP contribution in [0.25, 0.3) is 33.9 Å². The predicted octanol–water partition coefficient (Wildman–Crippen LogP) is 4.96. The van der Waals surface area contributed by atoms with Crippen molar-refractivity contribution in [3.05, 3.63) is 47.8 Å². The molecule has 9 heteroatoms. The first-order chi connectivity index (χ1) is 15.1. The van der Waals surface area contributed by atoms with Crippen LogP contribution in [0.4, 0.5) is 0 Å². The average molecular weight is 439 g/mol. The van der Waals surface area contributed by atoms with Crippen molar-refractivity contribution in [1.29, 1.82) is 0 Å². The third-order valence-electron chi connectivity index (χ3n) is 5.54. The summed E-state index contributed by atoms with van der Waals surface area (Å²) in [6.07, 6.45) is 5.66. The number of carboxylic acids is 1. The van der Waals surface area contributed by atoms with E-state index in [1.807, 2.05) is 24.3 Å². The molecule has 158 valence electrons. The summed E-state index contributed by atoms with van der Waals surface area (Å²) in [6, 6.07) is 9.76. The van der Waals surface area contributed by atoms with Gasteiger partial charge in [-0.2, -0.15) is 4.98 Å². The Bertz CT molecular complexity index is 1210. The zero-order valence-electron chi connectivity index (χ0n) is 16.4. The van der Waals surface area contributed by atoms with Crippen molar-refractivity contribution in [3.8, 4) is 28.7 Å². The quantitative estimate of drug-likeness (QED) is 0.452. The number of imidazole rings is 1. The van der Waals surface area contributed by atoms with Gasteiger partial charge >= 0.3 is 5.97 Å². The van der Waals surface area contributed by atoms with Crippen LogP contribution < -0.4 is 4.74 Å². The Morgan fingerprint density at radius 1 is 1.13 bits per heavy atom. The number of aliphatic carboxylic acids is 1. The summed E-state index contributed by atoms with van der Waals surface area (Å²) in [6.45, 7) is 0. The van der Waals surface area contributed by atoms with Crippen molar-refractivity contribution in [1.82, 2.24) is 19.9 Å². The molecule has 0 atom stereocenters. The van der Waals surface area contributed by atoms with Crippen LogP contribution in [-0.4, -0.2) is 37.1 Å². The fourth-order valence-corrected chi connectivity index (χ4v) is 4.14. The SMILES string of the molecule is O=C(O)[C@H]1CC[C@H](Oc2nc3nc(-c4ccc(-c5ncco5)cc4)c(Cl)cc3[nH]2)CC1. The zero-order chi connectivity index (χ0) is 21.4. The van der Waals surface area contributed by atoms with Crippen molar-refractivity contribution in [2.75, 3.05) is 0 Å². The lowest BCUT2D eigenvalue weighted by atomic mass is 9.87. The number of nitrogens with zero attached hydrogens (tertiary/aromatic N) is 3. The number of nitrogens with one attached hydrogen (secondary N) is 1. The molecule has 0 unspecified atom stereocenters. The number of ether oxygens (including phenoxy) is 1. The first-order valence-corrected chi connectivity index (χ1v) is 10.4. The normalized spacial score (nSPS) is 18.9. The van der Waals surface area contributed by atoms with Crippen molar-refractivity contribution in [2.45, 2.75) is 31.8 Å². The van der Waals surface area contributed by atoms with Gasteiger partial charge in [-0.15, -0.1) is 0 Å². The van der Waals surface area contributed by atoms with Crippen molar-refractivity contribution in [2.24, 2.45) is 5.92 Å². The Morgan fingerprint density at radius 3 is 2.55 bits per heavy atom. The van der Waals surface area contributed by atoms with Crippen LogP contribution >= 0.6 is 11.6 Å². The molecule has 1 saturated carbocycles. The minimum atomic E-state index is -0.734. The van der Waals surface area contributed by atoms with Gasteiger partial charge in [0.05, 0.1) is 28.3 Å². The van der Waals surface area contributed by atoms with Gasteiger partial charge in [0, 0.05) is 11.1 Å². The van der Waals surface area contributed by atoms with E-state index in [2.05, 4.69) is 19.9 Å². The van der Waals surface area contributed by atoms with Gasteiger partial charge in [0.1, 0.15) is 12.4 Å². The maximum absolute atomic E-state index is 11.1. The minimum absolute atomic E-state index is 0.0612. The molecule has 0 amide bonds. The Hall–Kier alpha value is -3.39. The maximum atomic E-state index is 11.1. The molecule has 0 radical (unpaired) electrons. The van der Waals surface area contributed by atoms with Crippen LogP contribution in [0.1, 0.15) is 25.7 Å². The highest BCUT2D eigenvalue weighted by Gasteiger charge is 2.27. The lowest BCUT2D eigenvalue weighted by molar-refractivity contribution is -0.143. The van der Waals surface area contributed by atoms with Gasteiger partial charge in [0.25, 0.3) is 6.01 Å². The lowest BCUT2D eigenvalue weighted by Crippen LogP contribution is -2.28. The number of halogens is 1. The van der Waals surface area contributed by atoms with Gasteiger partial charge in [0.15, 0.2) is 5.65 Å². The fraction of sp³-hybridized carbons (Fsp3) is 0.273. The molecule has 4 aromatic rings. The number of rotatable bonds is 5. The Labute approximate surface area is 182 Å². The third-order valence-corrected chi connectivity index (χ3v) is 5.83. The minimum Gasteiger partial charge on any atom is -0.481 e. The zero-order valence-corrected chi connectivity index (χ0v) is 17.2. The van der Waals surface area contributed by atoms with E-state index in [4.69, 9.17) is 25.9 Å². The average Bonchev–Trinajstić information content (AvgIpc) is 3.43. The number of fused-ring (bicyclic) bond motifs is 1. The van der Waals surface area contributed by atoms with E-state index in [-0.39, 0.29) is 12.0 Å². The van der Waals surface area contributed by atoms with Gasteiger partial charge < -0.3 is 19.2 Å². The van der Waals surface area contributed by atoms with E-state index in [1.54, 1.807) is 12.3 Å². The smallest absolute Gasteiger partial charge is 0.306 e. The number of aromatic nitrogens is 4. The Morgan fingerprint density at radius 2 is 1.87 bits per heavy atom. The van der Waals surface area contributed by atoms with Crippen LogP contribution in [0.5, 0.6) is 6.01 Å². The molecule has 3 aromatic heterocycles. The molecule has 0 bridgehead atoms. The molecule has 2 N–H and O–H groups in total. The van der Waals surface area contributed by atoms with Crippen LogP contribution in [0.3, 0.4) is 0 Å². The second-order valence-corrected chi connectivity index (χ2v) is 7.98. The van der Waals surface area contributed by atoms with Gasteiger partial charge in [-0.05, 0) is 43.9 Å². The molecule has 1 aliphatic carbocycles. The second-order valence-electron chi connectivity index (χ2n) is 7.58. The topological polar surface area (TPSA) is 114 Å². The highest BCUT2D eigenvalue weighted by atomic mass is 35.5. The van der Waals surface area contributed by atoms with E-state index in [0.717, 1.165) is 11.1 Å². The molecule has 0 saturated heterocycles. The molecule has 1 aromatic carbocycles. The molecule has 0 aliphatic heterocycles. The number of oxazole rings is 1. The molecule has 1 fully saturated rings. The summed E-state index contributed by atoms with van der Waals surface area (Å²) in [4.78, 5) is 27.4. The standard InChI is InChI=1S/C22H19ClN4O4/c23-16-11-17-19(27-22(25-17)31-15-7-5-14(6-8-15)21(28)29)26-18(16)12-1-3-13(4-2-12)20-24-9-10-30-20/h1-4,9-11,14-15H,5-8H2,(H,28,29)(H,25,26,27)/t14-,15-. The van der Waals surface area contributed by atoms with Crippen molar-refractivity contribution in [3.63, 3.8) is 0 Å². The number of aromatic amines is 1. The van der Waals surface area contributed by atoms with E-state index < -0.39 is 5.97 Å². The van der Waals surface area contributed by atoms with Gasteiger partial charge in [-0.1, -0.05) is 23.7 Å². The summed E-state index contributed by atoms with van der Waals surface area (Å²) in [5.41, 5.74) is 3.51. The van der Waals surface area contributed by atoms with E-state index in [0.29, 0.717) is 59.5 Å². The molecule has 5 rings (SSSR count). The van der Waals surface area contributed by atoms with Crippen molar-refractivity contribution >= 4 is 28.7 Å². The molecule has 3 heterocycles. The molecular formula is C22H19ClN4O4. The van der Waals surface area contributed by atoms with Crippen LogP contribution in [0.15, 0.2) is 47.2 Å². The van der Waals surface area contributed by atoms with Crippen LogP contribution in [0.2, 0.25) is 5.02 Å². The van der Waals surface area contributed by atoms with Gasteiger partial charge in [-0.3, -0.25) is 4.79 Å². The summed E-state index contributed by atoms with van der Waals surface area (Å²) >= 11 is 6.49. The second kappa shape index (κ2) is 8.03. The van der Waals surface area contributed by atoms with Gasteiger partial charge in [-0.25, -0.2) is 9.97 Å². The number of benzene rings is 1. The molecule has 31 heavy (non-hydrogen) atoms. The third kappa shape index (κ3) is 3.98. The highest BCUT2D eigenvalue weighted by molar-refractivity contribution is 6.33. The Kier molecular flexibility index (Phi) is 5.07. The van der Waals surface area contributed by atoms with E-state index in [1.165, 1.54) is 6.26 Å². The van der Waals surface area contributed by atoms with E-state index in [9.17, 15) is 4.79 Å². The highest BCUT2D eigenvalue weighted by Crippen LogP contribution is 2.32. The number of hydrogen-bond donors (Lipinski definition) is 2. The number of pyridine rings is 1. The number of carboxylic acid groups (broad SMARTS) is 1. The largest absolute Gasteiger partial charge is 0.481 e. The van der Waals surface area contributed by atoms with Crippen LogP contribution in [0, 0.1) is 5.92 Å². The molecule has 1 aliphatic rings. The van der Waals surface area contributed by atoms with Gasteiger partial charge in [0.2, 0.25) is 5.89 Å². The maximum Gasteiger partial charge on any atom is 0.306 e. The first-order valence-electron chi connectivity index (χ1n) is 10.0. The number of H-pyrrole nitrogens is 1. The summed E-state index contributed by atoms with van der Waals surface area (Å²) in [5.74, 6) is -0.469. The summed E-state index contributed by atoms with van der Waals surface area (Å²) < 4.78 is 11.3. The van der Waals surface area contributed by atoms with Crippen molar-refractivity contribution < 1.29 is 19.1 Å². The number of hydrogen-bond acceptors (Lipinski definition) is 6. The first kappa shape index (κ1) is 19.6. The van der Waals surface area contributed by atoms with Crippen LogP contribution in [-0.2, 0) is 4.79 Å². The molecule has 8 nitrogen and oxygen atoms in total. The number of carbonyl (C=O) groups is 1.